The van der Waals surface area contributed by atoms with Crippen LogP contribution in [0.1, 0.15) is 19.8 Å². The van der Waals surface area contributed by atoms with Crippen molar-refractivity contribution in [3.8, 4) is 0 Å². The second-order valence-electron chi connectivity index (χ2n) is 4.53. The Morgan fingerprint density at radius 2 is 2.13 bits per heavy atom. The predicted molar refractivity (Wildman–Crippen MR) is 65.1 cm³/mol. The van der Waals surface area contributed by atoms with Crippen molar-refractivity contribution >= 4 is 0 Å². The maximum atomic E-state index is 5.59. The van der Waals surface area contributed by atoms with Crippen LogP contribution in [0.2, 0.25) is 0 Å². The summed E-state index contributed by atoms with van der Waals surface area (Å²) in [4.78, 5) is 2.47. The predicted octanol–water partition coefficient (Wildman–Crippen LogP) is 1.59. The van der Waals surface area contributed by atoms with Gasteiger partial charge in [0, 0.05) is 19.8 Å². The van der Waals surface area contributed by atoms with Crippen LogP contribution >= 0.6 is 0 Å². The Labute approximate surface area is 93.2 Å². The first-order chi connectivity index (χ1) is 7.11. The van der Waals surface area contributed by atoms with Crippen molar-refractivity contribution in [1.29, 1.82) is 0 Å². The molecule has 3 heteroatoms. The maximum Gasteiger partial charge on any atom is 0.0248 e. The van der Waals surface area contributed by atoms with Crippen LogP contribution in [0.4, 0.5) is 0 Å². The lowest BCUT2D eigenvalue weighted by Crippen LogP contribution is -2.34. The molecule has 1 saturated heterocycles. The van der Waals surface area contributed by atoms with E-state index in [0.717, 1.165) is 12.5 Å². The van der Waals surface area contributed by atoms with Crippen molar-refractivity contribution in [3.63, 3.8) is 0 Å². The van der Waals surface area contributed by atoms with Crippen LogP contribution in [0.3, 0.4) is 0 Å². The zero-order valence-corrected chi connectivity index (χ0v) is 9.95. The van der Waals surface area contributed by atoms with Gasteiger partial charge in [0.15, 0.2) is 0 Å². The lowest BCUT2D eigenvalue weighted by Gasteiger charge is -2.30. The minimum Gasteiger partial charge on any atom is -0.321 e. The number of nitrogens with zero attached hydrogens (tertiary/aromatic N) is 2. The van der Waals surface area contributed by atoms with E-state index in [-0.39, 0.29) is 0 Å². The first-order valence-corrected chi connectivity index (χ1v) is 5.65. The molecule has 1 heterocycles. The summed E-state index contributed by atoms with van der Waals surface area (Å²) >= 11 is 0. The van der Waals surface area contributed by atoms with Crippen molar-refractivity contribution < 1.29 is 0 Å². The van der Waals surface area contributed by atoms with E-state index in [0.29, 0.717) is 0 Å². The number of hydrazine groups is 1. The van der Waals surface area contributed by atoms with E-state index in [1.165, 1.54) is 31.5 Å². The standard InChI is InChI=1S/C12H23N3/c1-4-12(9-14(3)13)10-15-7-5-11(2)6-8-15/h4,9,11H,1,5-8,10,13H2,2-3H3/b12-9+. The fraction of sp³-hybridized carbons (Fsp3) is 0.667. The van der Waals surface area contributed by atoms with Gasteiger partial charge in [-0.3, -0.25) is 4.90 Å². The third-order valence-electron chi connectivity index (χ3n) is 2.91. The molecule has 0 bridgehead atoms. The van der Waals surface area contributed by atoms with Crippen LogP contribution < -0.4 is 5.84 Å². The summed E-state index contributed by atoms with van der Waals surface area (Å²) in [7, 11) is 1.84. The summed E-state index contributed by atoms with van der Waals surface area (Å²) in [6, 6.07) is 0. The fourth-order valence-corrected chi connectivity index (χ4v) is 1.90. The topological polar surface area (TPSA) is 32.5 Å². The maximum absolute atomic E-state index is 5.59. The van der Waals surface area contributed by atoms with Gasteiger partial charge in [-0.15, -0.1) is 0 Å². The summed E-state index contributed by atoms with van der Waals surface area (Å²) in [5, 5.41) is 1.59. The molecule has 0 unspecified atom stereocenters. The molecule has 0 aliphatic carbocycles. The SMILES string of the molecule is C=C/C(=C\N(C)N)CN1CCC(C)CC1. The summed E-state index contributed by atoms with van der Waals surface area (Å²) in [6.07, 6.45) is 6.44. The highest BCUT2D eigenvalue weighted by Crippen LogP contribution is 2.16. The van der Waals surface area contributed by atoms with Crippen LogP contribution in [-0.4, -0.2) is 36.6 Å². The Morgan fingerprint density at radius 1 is 1.53 bits per heavy atom. The monoisotopic (exact) mass is 209 g/mol. The first-order valence-electron chi connectivity index (χ1n) is 5.65. The number of hydrogen-bond acceptors (Lipinski definition) is 3. The molecule has 0 spiro atoms. The highest BCUT2D eigenvalue weighted by Gasteiger charge is 2.15. The molecule has 1 aliphatic rings. The number of nitrogens with two attached hydrogens (primary N) is 1. The molecule has 0 saturated carbocycles. The molecule has 0 atom stereocenters. The highest BCUT2D eigenvalue weighted by atomic mass is 15.4. The van der Waals surface area contributed by atoms with E-state index >= 15 is 0 Å². The van der Waals surface area contributed by atoms with E-state index in [9.17, 15) is 0 Å². The molecule has 0 aromatic rings. The van der Waals surface area contributed by atoms with Gasteiger partial charge in [0.25, 0.3) is 0 Å². The van der Waals surface area contributed by atoms with Crippen molar-refractivity contribution in [2.45, 2.75) is 19.8 Å². The zero-order chi connectivity index (χ0) is 11.3. The van der Waals surface area contributed by atoms with Crippen molar-refractivity contribution in [3.05, 3.63) is 24.4 Å². The lowest BCUT2D eigenvalue weighted by molar-refractivity contribution is 0.207. The molecule has 1 aliphatic heterocycles. The average Bonchev–Trinajstić information content (AvgIpc) is 2.19. The molecule has 3 nitrogen and oxygen atoms in total. The summed E-state index contributed by atoms with van der Waals surface area (Å²) < 4.78 is 0. The molecule has 0 aromatic carbocycles. The van der Waals surface area contributed by atoms with E-state index in [1.807, 2.05) is 19.3 Å². The molecule has 2 N–H and O–H groups in total. The third kappa shape index (κ3) is 4.49. The number of piperidine rings is 1. The van der Waals surface area contributed by atoms with E-state index < -0.39 is 0 Å². The molecule has 15 heavy (non-hydrogen) atoms. The third-order valence-corrected chi connectivity index (χ3v) is 2.91. The van der Waals surface area contributed by atoms with Gasteiger partial charge in [0.2, 0.25) is 0 Å². The largest absolute Gasteiger partial charge is 0.321 e. The zero-order valence-electron chi connectivity index (χ0n) is 9.95. The Balaban J connectivity index is 2.42. The Morgan fingerprint density at radius 3 is 2.60 bits per heavy atom. The van der Waals surface area contributed by atoms with Gasteiger partial charge in [-0.1, -0.05) is 19.6 Å². The molecule has 1 rings (SSSR count). The lowest BCUT2D eigenvalue weighted by atomic mass is 9.99. The highest BCUT2D eigenvalue weighted by molar-refractivity contribution is 5.17. The minimum atomic E-state index is 0.884. The normalized spacial score (nSPS) is 20.3. The molecular weight excluding hydrogens is 186 g/mol. The summed E-state index contributed by atoms with van der Waals surface area (Å²) in [6.45, 7) is 9.51. The van der Waals surface area contributed by atoms with Gasteiger partial charge in [0.1, 0.15) is 0 Å². The number of hydrogen-bond donors (Lipinski definition) is 1. The van der Waals surface area contributed by atoms with Crippen molar-refractivity contribution in [2.75, 3.05) is 26.7 Å². The molecule has 1 fully saturated rings. The molecule has 0 aromatic heterocycles. The molecular formula is C12H23N3. The average molecular weight is 209 g/mol. The van der Waals surface area contributed by atoms with Gasteiger partial charge in [-0.05, 0) is 37.4 Å². The smallest absolute Gasteiger partial charge is 0.0248 e. The number of likely N-dealkylation sites (tertiary alicyclic amines) is 1. The van der Waals surface area contributed by atoms with Crippen molar-refractivity contribution in [2.24, 2.45) is 11.8 Å². The summed E-state index contributed by atoms with van der Waals surface area (Å²) in [5.41, 5.74) is 1.19. The van der Waals surface area contributed by atoms with Crippen LogP contribution in [0.25, 0.3) is 0 Å². The van der Waals surface area contributed by atoms with Gasteiger partial charge in [-0.25, -0.2) is 5.84 Å². The van der Waals surface area contributed by atoms with Gasteiger partial charge in [-0.2, -0.15) is 0 Å². The quantitative estimate of drug-likeness (QED) is 0.433. The Kier molecular flexibility index (Phi) is 4.85. The van der Waals surface area contributed by atoms with E-state index in [2.05, 4.69) is 18.4 Å². The second kappa shape index (κ2) is 5.93. The van der Waals surface area contributed by atoms with E-state index in [4.69, 9.17) is 5.84 Å². The second-order valence-corrected chi connectivity index (χ2v) is 4.53. The number of rotatable bonds is 4. The van der Waals surface area contributed by atoms with Crippen LogP contribution in [-0.2, 0) is 0 Å². The minimum absolute atomic E-state index is 0.884. The molecule has 0 amide bonds. The van der Waals surface area contributed by atoms with E-state index in [1.54, 1.807) is 5.01 Å². The van der Waals surface area contributed by atoms with Crippen LogP contribution in [0, 0.1) is 5.92 Å². The van der Waals surface area contributed by atoms with Crippen molar-refractivity contribution in [1.82, 2.24) is 9.91 Å². The summed E-state index contributed by atoms with van der Waals surface area (Å²) in [5.74, 6) is 6.47. The van der Waals surface area contributed by atoms with Gasteiger partial charge < -0.3 is 5.01 Å². The Bertz CT molecular complexity index is 225. The van der Waals surface area contributed by atoms with Crippen LogP contribution in [0.15, 0.2) is 24.4 Å². The van der Waals surface area contributed by atoms with Crippen LogP contribution in [0.5, 0.6) is 0 Å². The molecule has 0 radical (unpaired) electrons. The van der Waals surface area contributed by atoms with Gasteiger partial charge in [0.05, 0.1) is 0 Å². The Hall–Kier alpha value is -0.800. The van der Waals surface area contributed by atoms with Gasteiger partial charge >= 0.3 is 0 Å². The molecule has 86 valence electrons. The first kappa shape index (κ1) is 12.3. The fourth-order valence-electron chi connectivity index (χ4n) is 1.90.